The van der Waals surface area contributed by atoms with Gasteiger partial charge in [-0.2, -0.15) is 5.10 Å². The van der Waals surface area contributed by atoms with Gasteiger partial charge in [-0.15, -0.1) is 0 Å². The van der Waals surface area contributed by atoms with E-state index in [2.05, 4.69) is 59.6 Å². The monoisotopic (exact) mass is 770 g/mol. The second kappa shape index (κ2) is 14.2. The largest absolute Gasteiger partial charge is 0.476 e. The molecule has 11 heteroatoms. The molecule has 2 aliphatic carbocycles. The molecule has 2 N–H and O–H groups in total. The third kappa shape index (κ3) is 7.59. The molecule has 0 aliphatic heterocycles. The van der Waals surface area contributed by atoms with E-state index >= 15 is 0 Å². The molecule has 0 saturated heterocycles. The fourth-order valence-electron chi connectivity index (χ4n) is 10.0. The second-order valence-corrected chi connectivity index (χ2v) is 19.0. The van der Waals surface area contributed by atoms with Crippen LogP contribution in [0.25, 0.3) is 43.5 Å². The summed E-state index contributed by atoms with van der Waals surface area (Å²) in [6.07, 6.45) is 11.6. The van der Waals surface area contributed by atoms with Crippen LogP contribution < -0.4 is 5.32 Å². The summed E-state index contributed by atoms with van der Waals surface area (Å²) in [6.45, 7) is 14.9. The molecule has 2 aliphatic rings. The van der Waals surface area contributed by atoms with Crippen molar-refractivity contribution in [1.82, 2.24) is 24.7 Å². The number of pyridine rings is 2. The number of hydrogen-bond acceptors (Lipinski definition) is 8. The van der Waals surface area contributed by atoms with Gasteiger partial charge in [-0.25, -0.2) is 14.8 Å². The predicted molar refractivity (Wildman–Crippen MR) is 222 cm³/mol. The number of anilines is 1. The summed E-state index contributed by atoms with van der Waals surface area (Å²) < 4.78 is 9.30. The highest BCUT2D eigenvalue weighted by Crippen LogP contribution is 2.62. The first kappa shape index (κ1) is 37.9. The van der Waals surface area contributed by atoms with Crippen LogP contribution in [0.15, 0.2) is 73.1 Å². The van der Waals surface area contributed by atoms with Crippen LogP contribution in [0.2, 0.25) is 0 Å². The summed E-state index contributed by atoms with van der Waals surface area (Å²) in [4.78, 5) is 40.3. The quantitative estimate of drug-likeness (QED) is 0.141. The van der Waals surface area contributed by atoms with Crippen molar-refractivity contribution in [2.75, 3.05) is 11.9 Å². The number of ether oxygens (including phenoxy) is 1. The van der Waals surface area contributed by atoms with E-state index in [1.807, 2.05) is 55.5 Å². The van der Waals surface area contributed by atoms with Crippen molar-refractivity contribution >= 4 is 49.5 Å². The van der Waals surface area contributed by atoms with Crippen molar-refractivity contribution in [2.45, 2.75) is 98.6 Å². The van der Waals surface area contributed by atoms with E-state index in [9.17, 15) is 14.7 Å². The van der Waals surface area contributed by atoms with Gasteiger partial charge in [0.15, 0.2) is 10.8 Å². The van der Waals surface area contributed by atoms with Crippen LogP contribution in [-0.4, -0.2) is 53.9 Å². The van der Waals surface area contributed by atoms with Crippen molar-refractivity contribution in [3.63, 3.8) is 0 Å². The van der Waals surface area contributed by atoms with Crippen LogP contribution in [0.3, 0.4) is 0 Å². The van der Waals surface area contributed by atoms with Gasteiger partial charge in [0, 0.05) is 52.7 Å². The Hall–Kier alpha value is -5.00. The Balaban J connectivity index is 1.06. The van der Waals surface area contributed by atoms with Crippen LogP contribution in [0, 0.1) is 23.2 Å². The highest BCUT2D eigenvalue weighted by Gasteiger charge is 2.53. The van der Waals surface area contributed by atoms with E-state index in [0.717, 1.165) is 53.9 Å². The number of para-hydroxylation sites is 1. The minimum absolute atomic E-state index is 0.0559. The third-order valence-corrected chi connectivity index (χ3v) is 12.9. The summed E-state index contributed by atoms with van der Waals surface area (Å²) in [6, 6.07) is 18.6. The lowest BCUT2D eigenvalue weighted by atomic mass is 9.48. The zero-order valence-corrected chi connectivity index (χ0v) is 33.9. The number of carbonyl (C=O) groups is 2. The molecule has 2 aromatic carbocycles. The SMILES string of the molecule is Cc1c(-c2ccc(-c3cnc4cccc(C(=O)Nc5nc6ccccc6s5)c4c3)nc2C(=O)O)cnn1CC12CCCC(C)(CC(C)(CCOC(C)(C)C)C1)C2. The van der Waals surface area contributed by atoms with E-state index in [-0.39, 0.29) is 33.4 Å². The Morgan fingerprint density at radius 2 is 1.75 bits per heavy atom. The smallest absolute Gasteiger partial charge is 0.355 e. The molecule has 290 valence electrons. The summed E-state index contributed by atoms with van der Waals surface area (Å²) in [5.74, 6) is -1.43. The Labute approximate surface area is 331 Å². The molecule has 3 atom stereocenters. The molecule has 2 fully saturated rings. The standard InChI is InChI=1S/C45H50N6O4S/c1-28-33(23-47-51(28)27-45-18-10-17-43(5,25-45)24-44(6,26-45)19-20-55-42(2,3)4)30-15-16-34(48-38(30)40(53)54)29-21-32-31(11-9-13-35(32)46-22-29)39(52)50-41-49-36-12-7-8-14-37(36)56-41/h7-9,11-16,21-23H,10,17-20,24-27H2,1-6H3,(H,53,54)(H,49,50,52). The zero-order chi connectivity index (χ0) is 39.5. The molecule has 8 rings (SSSR count). The van der Waals surface area contributed by atoms with E-state index < -0.39 is 5.97 Å². The third-order valence-electron chi connectivity index (χ3n) is 11.9. The van der Waals surface area contributed by atoms with Crippen LogP contribution in [-0.2, 0) is 11.3 Å². The molecular formula is C45H50N6O4S. The maximum Gasteiger partial charge on any atom is 0.355 e. The van der Waals surface area contributed by atoms with Crippen molar-refractivity contribution in [3.05, 3.63) is 90.0 Å². The Morgan fingerprint density at radius 1 is 0.946 bits per heavy atom. The summed E-state index contributed by atoms with van der Waals surface area (Å²) >= 11 is 1.41. The predicted octanol–water partition coefficient (Wildman–Crippen LogP) is 10.6. The number of amides is 1. The minimum Gasteiger partial charge on any atom is -0.476 e. The lowest BCUT2D eigenvalue weighted by Gasteiger charge is -2.58. The molecule has 3 unspecified atom stereocenters. The van der Waals surface area contributed by atoms with E-state index in [1.165, 1.54) is 37.0 Å². The number of thiazole rings is 1. The minimum atomic E-state index is -1.12. The molecule has 6 aromatic rings. The molecule has 56 heavy (non-hydrogen) atoms. The number of carboxylic acid groups (broad SMARTS) is 1. The lowest BCUT2D eigenvalue weighted by molar-refractivity contribution is -0.0909. The average Bonchev–Trinajstić information content (AvgIpc) is 3.71. The van der Waals surface area contributed by atoms with Crippen molar-refractivity contribution < 1.29 is 19.4 Å². The number of carbonyl (C=O) groups excluding carboxylic acids is 1. The second-order valence-electron chi connectivity index (χ2n) is 18.0. The number of carboxylic acids is 1. The van der Waals surface area contributed by atoms with Gasteiger partial charge in [-0.05, 0) is 125 Å². The maximum absolute atomic E-state index is 13.6. The van der Waals surface area contributed by atoms with Gasteiger partial charge in [-0.3, -0.25) is 19.8 Å². The normalized spacial score (nSPS) is 22.4. The average molecular weight is 771 g/mol. The lowest BCUT2D eigenvalue weighted by Crippen LogP contribution is -2.49. The Morgan fingerprint density at radius 3 is 2.54 bits per heavy atom. The van der Waals surface area contributed by atoms with Crippen molar-refractivity contribution in [2.24, 2.45) is 16.2 Å². The van der Waals surface area contributed by atoms with Crippen LogP contribution in [0.1, 0.15) is 106 Å². The first-order chi connectivity index (χ1) is 26.6. The molecule has 2 saturated carbocycles. The number of nitrogens with one attached hydrogen (secondary N) is 1. The fourth-order valence-corrected chi connectivity index (χ4v) is 10.9. The van der Waals surface area contributed by atoms with Crippen molar-refractivity contribution in [3.8, 4) is 22.4 Å². The van der Waals surface area contributed by atoms with Gasteiger partial charge in [0.05, 0.1) is 33.2 Å². The molecular weight excluding hydrogens is 721 g/mol. The van der Waals surface area contributed by atoms with Gasteiger partial charge in [0.2, 0.25) is 0 Å². The number of benzene rings is 2. The number of nitrogens with zero attached hydrogens (tertiary/aromatic N) is 5. The van der Waals surface area contributed by atoms with Crippen molar-refractivity contribution in [1.29, 1.82) is 0 Å². The van der Waals surface area contributed by atoms with E-state index in [1.54, 1.807) is 24.5 Å². The first-order valence-electron chi connectivity index (χ1n) is 19.6. The summed E-state index contributed by atoms with van der Waals surface area (Å²) in [7, 11) is 0. The van der Waals surface area contributed by atoms with E-state index in [0.29, 0.717) is 38.4 Å². The zero-order valence-electron chi connectivity index (χ0n) is 33.1. The summed E-state index contributed by atoms with van der Waals surface area (Å²) in [5.41, 5.74) is 5.53. The van der Waals surface area contributed by atoms with Gasteiger partial charge >= 0.3 is 5.97 Å². The molecule has 1 amide bonds. The molecule has 4 heterocycles. The molecule has 0 radical (unpaired) electrons. The Bertz CT molecular complexity index is 2450. The highest BCUT2D eigenvalue weighted by atomic mass is 32.1. The van der Waals surface area contributed by atoms with Crippen LogP contribution >= 0.6 is 11.3 Å². The molecule has 0 spiro atoms. The van der Waals surface area contributed by atoms with Gasteiger partial charge in [0.25, 0.3) is 5.91 Å². The Kier molecular flexibility index (Phi) is 9.60. The number of aromatic nitrogens is 5. The highest BCUT2D eigenvalue weighted by molar-refractivity contribution is 7.22. The fraction of sp³-hybridized carbons (Fsp3) is 0.422. The topological polar surface area (TPSA) is 132 Å². The van der Waals surface area contributed by atoms with Gasteiger partial charge in [-0.1, -0.05) is 49.8 Å². The maximum atomic E-state index is 13.6. The molecule has 2 bridgehead atoms. The van der Waals surface area contributed by atoms with Gasteiger partial charge in [0.1, 0.15) is 0 Å². The molecule has 4 aromatic heterocycles. The van der Waals surface area contributed by atoms with Crippen LogP contribution in [0.5, 0.6) is 0 Å². The van der Waals surface area contributed by atoms with E-state index in [4.69, 9.17) is 9.84 Å². The number of hydrogen-bond donors (Lipinski definition) is 2. The molecule has 10 nitrogen and oxygen atoms in total. The number of rotatable bonds is 10. The number of fused-ring (bicyclic) bond motifs is 4. The van der Waals surface area contributed by atoms with Crippen LogP contribution in [0.4, 0.5) is 5.13 Å². The first-order valence-corrected chi connectivity index (χ1v) is 20.4. The number of aromatic carboxylic acids is 1. The summed E-state index contributed by atoms with van der Waals surface area (Å²) in [5, 5.41) is 19.5. The van der Waals surface area contributed by atoms with Gasteiger partial charge < -0.3 is 9.84 Å².